The SMILES string of the molecule is COc1ccc2cc(C(=O)Nc3cc(Cl)ccc3OC)c(C)nc2c1. The van der Waals surface area contributed by atoms with Gasteiger partial charge >= 0.3 is 0 Å². The van der Waals surface area contributed by atoms with E-state index in [1.165, 1.54) is 7.11 Å². The Hall–Kier alpha value is -2.79. The maximum Gasteiger partial charge on any atom is 0.257 e. The van der Waals surface area contributed by atoms with E-state index in [1.54, 1.807) is 32.2 Å². The van der Waals surface area contributed by atoms with Crippen LogP contribution < -0.4 is 14.8 Å². The number of ether oxygens (including phenoxy) is 2. The first-order chi connectivity index (χ1) is 12.0. The summed E-state index contributed by atoms with van der Waals surface area (Å²) in [6.45, 7) is 1.79. The molecule has 0 aliphatic carbocycles. The van der Waals surface area contributed by atoms with Crippen LogP contribution in [0.1, 0.15) is 16.1 Å². The zero-order valence-corrected chi connectivity index (χ0v) is 14.8. The zero-order valence-electron chi connectivity index (χ0n) is 14.1. The van der Waals surface area contributed by atoms with E-state index in [1.807, 2.05) is 24.3 Å². The number of nitrogens with one attached hydrogen (secondary N) is 1. The number of hydrogen-bond acceptors (Lipinski definition) is 4. The highest BCUT2D eigenvalue weighted by atomic mass is 35.5. The summed E-state index contributed by atoms with van der Waals surface area (Å²) >= 11 is 6.01. The van der Waals surface area contributed by atoms with E-state index in [0.717, 1.165) is 16.7 Å². The van der Waals surface area contributed by atoms with Gasteiger partial charge in [-0.05, 0) is 43.3 Å². The van der Waals surface area contributed by atoms with Gasteiger partial charge in [0, 0.05) is 16.5 Å². The number of methoxy groups -OCH3 is 2. The van der Waals surface area contributed by atoms with Crippen LogP contribution in [0.25, 0.3) is 10.9 Å². The van der Waals surface area contributed by atoms with Crippen LogP contribution in [0.15, 0.2) is 42.5 Å². The molecule has 0 atom stereocenters. The number of carbonyl (C=O) groups excluding carboxylic acids is 1. The smallest absolute Gasteiger partial charge is 0.257 e. The van der Waals surface area contributed by atoms with Crippen LogP contribution >= 0.6 is 11.6 Å². The third-order valence-electron chi connectivity index (χ3n) is 3.87. The fraction of sp³-hybridized carbons (Fsp3) is 0.158. The van der Waals surface area contributed by atoms with Crippen molar-refractivity contribution in [2.75, 3.05) is 19.5 Å². The average Bonchev–Trinajstić information content (AvgIpc) is 2.60. The quantitative estimate of drug-likeness (QED) is 0.749. The molecule has 3 aromatic rings. The molecule has 5 nitrogen and oxygen atoms in total. The predicted molar refractivity (Wildman–Crippen MR) is 99.0 cm³/mol. The molecule has 128 valence electrons. The standard InChI is InChI=1S/C19H17ClN2O3/c1-11-15(8-12-4-6-14(24-2)10-16(12)21-11)19(23)22-17-9-13(20)5-7-18(17)25-3/h4-10H,1-3H3,(H,22,23). The summed E-state index contributed by atoms with van der Waals surface area (Å²) in [6.07, 6.45) is 0. The van der Waals surface area contributed by atoms with Crippen molar-refractivity contribution in [1.82, 2.24) is 4.98 Å². The highest BCUT2D eigenvalue weighted by molar-refractivity contribution is 6.31. The molecule has 0 bridgehead atoms. The number of halogens is 1. The molecule has 0 saturated carbocycles. The molecule has 0 radical (unpaired) electrons. The van der Waals surface area contributed by atoms with Crippen LogP contribution in [0, 0.1) is 6.92 Å². The van der Waals surface area contributed by atoms with E-state index in [4.69, 9.17) is 21.1 Å². The summed E-state index contributed by atoms with van der Waals surface area (Å²) in [5.41, 5.74) is 2.39. The first kappa shape index (κ1) is 17.0. The molecule has 0 aliphatic heterocycles. The van der Waals surface area contributed by atoms with Crippen molar-refractivity contribution >= 4 is 34.1 Å². The summed E-state index contributed by atoms with van der Waals surface area (Å²) in [7, 11) is 3.14. The van der Waals surface area contributed by atoms with Gasteiger partial charge in [-0.25, -0.2) is 0 Å². The summed E-state index contributed by atoms with van der Waals surface area (Å²) in [5, 5.41) is 4.20. The number of aromatic nitrogens is 1. The van der Waals surface area contributed by atoms with Crippen LogP contribution in [-0.2, 0) is 0 Å². The zero-order chi connectivity index (χ0) is 18.0. The van der Waals surface area contributed by atoms with Crippen molar-refractivity contribution in [2.24, 2.45) is 0 Å². The Kier molecular flexibility index (Phi) is 4.76. The lowest BCUT2D eigenvalue weighted by molar-refractivity contribution is 0.102. The summed E-state index contributed by atoms with van der Waals surface area (Å²) in [4.78, 5) is 17.2. The lowest BCUT2D eigenvalue weighted by Gasteiger charge is -2.12. The van der Waals surface area contributed by atoms with Crippen molar-refractivity contribution in [3.8, 4) is 11.5 Å². The largest absolute Gasteiger partial charge is 0.497 e. The van der Waals surface area contributed by atoms with Crippen molar-refractivity contribution in [2.45, 2.75) is 6.92 Å². The van der Waals surface area contributed by atoms with Crippen LogP contribution in [0.2, 0.25) is 5.02 Å². The number of pyridine rings is 1. The Labute approximate surface area is 150 Å². The molecular formula is C19H17ClN2O3. The van der Waals surface area contributed by atoms with E-state index in [9.17, 15) is 4.79 Å². The number of anilines is 1. The fourth-order valence-corrected chi connectivity index (χ4v) is 2.74. The van der Waals surface area contributed by atoms with Gasteiger partial charge in [-0.15, -0.1) is 0 Å². The molecule has 2 aromatic carbocycles. The second kappa shape index (κ2) is 6.99. The van der Waals surface area contributed by atoms with Gasteiger partial charge in [-0.1, -0.05) is 11.6 Å². The average molecular weight is 357 g/mol. The maximum atomic E-state index is 12.7. The Bertz CT molecular complexity index is 957. The molecule has 1 N–H and O–H groups in total. The number of hydrogen-bond donors (Lipinski definition) is 1. The molecule has 1 heterocycles. The van der Waals surface area contributed by atoms with Crippen molar-refractivity contribution in [3.63, 3.8) is 0 Å². The van der Waals surface area contributed by atoms with Gasteiger partial charge < -0.3 is 14.8 Å². The Balaban J connectivity index is 1.97. The van der Waals surface area contributed by atoms with E-state index < -0.39 is 0 Å². The summed E-state index contributed by atoms with van der Waals surface area (Å²) in [5.74, 6) is 0.984. The lowest BCUT2D eigenvalue weighted by atomic mass is 10.1. The molecule has 0 fully saturated rings. The second-order valence-corrected chi connectivity index (χ2v) is 5.92. The molecule has 0 saturated heterocycles. The summed E-state index contributed by atoms with van der Waals surface area (Å²) in [6, 6.07) is 12.4. The molecule has 25 heavy (non-hydrogen) atoms. The minimum Gasteiger partial charge on any atom is -0.497 e. The highest BCUT2D eigenvalue weighted by Crippen LogP contribution is 2.29. The molecule has 1 amide bonds. The maximum absolute atomic E-state index is 12.7. The van der Waals surface area contributed by atoms with Crippen molar-refractivity contribution in [1.29, 1.82) is 0 Å². The van der Waals surface area contributed by atoms with Gasteiger partial charge in [0.2, 0.25) is 0 Å². The normalized spacial score (nSPS) is 10.6. The van der Waals surface area contributed by atoms with E-state index in [-0.39, 0.29) is 5.91 Å². The van der Waals surface area contributed by atoms with Crippen molar-refractivity contribution in [3.05, 3.63) is 58.7 Å². The Morgan fingerprint density at radius 3 is 2.60 bits per heavy atom. The molecule has 0 aliphatic rings. The first-order valence-electron chi connectivity index (χ1n) is 7.62. The first-order valence-corrected chi connectivity index (χ1v) is 8.00. The molecule has 0 spiro atoms. The highest BCUT2D eigenvalue weighted by Gasteiger charge is 2.15. The number of aryl methyl sites for hydroxylation is 1. The molecule has 3 rings (SSSR count). The number of rotatable bonds is 4. The molecule has 1 aromatic heterocycles. The molecular weight excluding hydrogens is 340 g/mol. The lowest BCUT2D eigenvalue weighted by Crippen LogP contribution is -2.15. The predicted octanol–water partition coefficient (Wildman–Crippen LogP) is 4.47. The topological polar surface area (TPSA) is 60.5 Å². The van der Waals surface area contributed by atoms with Gasteiger partial charge in [-0.2, -0.15) is 0 Å². The van der Waals surface area contributed by atoms with Crippen LogP contribution in [0.4, 0.5) is 5.69 Å². The monoisotopic (exact) mass is 356 g/mol. The van der Waals surface area contributed by atoms with E-state index >= 15 is 0 Å². The van der Waals surface area contributed by atoms with Gasteiger partial charge in [0.1, 0.15) is 11.5 Å². The Morgan fingerprint density at radius 1 is 1.08 bits per heavy atom. The Morgan fingerprint density at radius 2 is 1.88 bits per heavy atom. The van der Waals surface area contributed by atoms with Crippen LogP contribution in [0.5, 0.6) is 11.5 Å². The van der Waals surface area contributed by atoms with Crippen LogP contribution in [0.3, 0.4) is 0 Å². The van der Waals surface area contributed by atoms with E-state index in [2.05, 4.69) is 10.3 Å². The second-order valence-electron chi connectivity index (χ2n) is 5.48. The third kappa shape index (κ3) is 3.51. The van der Waals surface area contributed by atoms with E-state index in [0.29, 0.717) is 27.7 Å². The van der Waals surface area contributed by atoms with Crippen LogP contribution in [-0.4, -0.2) is 25.1 Å². The van der Waals surface area contributed by atoms with Gasteiger partial charge in [0.25, 0.3) is 5.91 Å². The number of fused-ring (bicyclic) bond motifs is 1. The summed E-state index contributed by atoms with van der Waals surface area (Å²) < 4.78 is 10.5. The number of benzene rings is 2. The third-order valence-corrected chi connectivity index (χ3v) is 4.10. The number of amides is 1. The minimum atomic E-state index is -0.275. The van der Waals surface area contributed by atoms with Crippen molar-refractivity contribution < 1.29 is 14.3 Å². The van der Waals surface area contributed by atoms with Gasteiger partial charge in [0.15, 0.2) is 0 Å². The van der Waals surface area contributed by atoms with Gasteiger partial charge in [0.05, 0.1) is 36.7 Å². The fourth-order valence-electron chi connectivity index (χ4n) is 2.57. The number of nitrogens with zero attached hydrogens (tertiary/aromatic N) is 1. The van der Waals surface area contributed by atoms with Gasteiger partial charge in [-0.3, -0.25) is 9.78 Å². The number of carbonyl (C=O) groups is 1. The molecule has 6 heteroatoms. The molecule has 0 unspecified atom stereocenters. The minimum absolute atomic E-state index is 0.275.